The second-order valence-electron chi connectivity index (χ2n) is 5.13. The van der Waals surface area contributed by atoms with Crippen molar-refractivity contribution < 1.29 is 19.4 Å². The number of rotatable bonds is 4. The van der Waals surface area contributed by atoms with Crippen molar-refractivity contribution in [3.63, 3.8) is 0 Å². The SMILES string of the molecule is COCC(C)(CO)N(C)C(=O)OC(C)(C)C. The van der Waals surface area contributed by atoms with E-state index >= 15 is 0 Å². The summed E-state index contributed by atoms with van der Waals surface area (Å²) in [5.41, 5.74) is -1.31. The molecule has 5 nitrogen and oxygen atoms in total. The number of ether oxygens (including phenoxy) is 2. The highest BCUT2D eigenvalue weighted by molar-refractivity contribution is 5.68. The Hall–Kier alpha value is -0.810. The first kappa shape index (κ1) is 15.2. The van der Waals surface area contributed by atoms with E-state index in [1.54, 1.807) is 34.7 Å². The molecule has 0 bridgehead atoms. The van der Waals surface area contributed by atoms with Gasteiger partial charge < -0.3 is 19.5 Å². The van der Waals surface area contributed by atoms with Crippen LogP contribution in [0.5, 0.6) is 0 Å². The van der Waals surface area contributed by atoms with E-state index in [9.17, 15) is 9.90 Å². The maximum atomic E-state index is 11.8. The molecule has 0 aliphatic rings. The zero-order valence-electron chi connectivity index (χ0n) is 11.0. The van der Waals surface area contributed by atoms with Crippen LogP contribution in [0, 0.1) is 0 Å². The summed E-state index contributed by atoms with van der Waals surface area (Å²) in [6.07, 6.45) is -0.471. The molecule has 0 aromatic rings. The Labute approximate surface area is 97.3 Å². The molecular formula is C11H23NO4. The monoisotopic (exact) mass is 233 g/mol. The molecule has 5 heteroatoms. The highest BCUT2D eigenvalue weighted by Crippen LogP contribution is 2.17. The summed E-state index contributed by atoms with van der Waals surface area (Å²) < 4.78 is 10.2. The lowest BCUT2D eigenvalue weighted by atomic mass is 10.0. The van der Waals surface area contributed by atoms with Crippen LogP contribution in [0.2, 0.25) is 0 Å². The quantitative estimate of drug-likeness (QED) is 0.794. The van der Waals surface area contributed by atoms with Gasteiger partial charge in [-0.05, 0) is 27.7 Å². The molecule has 1 atom stereocenters. The Kier molecular flexibility index (Phi) is 5.22. The number of nitrogens with zero attached hydrogens (tertiary/aromatic N) is 1. The summed E-state index contributed by atoms with van der Waals surface area (Å²) in [7, 11) is 3.11. The summed E-state index contributed by atoms with van der Waals surface area (Å²) in [5.74, 6) is 0. The van der Waals surface area contributed by atoms with E-state index in [1.165, 1.54) is 12.0 Å². The first-order chi connectivity index (χ1) is 7.16. The van der Waals surface area contributed by atoms with Crippen LogP contribution in [0.4, 0.5) is 4.79 Å². The minimum absolute atomic E-state index is 0.184. The summed E-state index contributed by atoms with van der Waals surface area (Å²) in [6, 6.07) is 0. The molecule has 0 spiro atoms. The molecule has 16 heavy (non-hydrogen) atoms. The van der Waals surface area contributed by atoms with Gasteiger partial charge in [-0.25, -0.2) is 4.79 Å². The summed E-state index contributed by atoms with van der Waals surface area (Å²) in [4.78, 5) is 13.1. The second kappa shape index (κ2) is 5.50. The van der Waals surface area contributed by atoms with E-state index in [1.807, 2.05) is 0 Å². The Morgan fingerprint density at radius 2 is 1.81 bits per heavy atom. The number of aliphatic hydroxyl groups excluding tert-OH is 1. The number of amides is 1. The van der Waals surface area contributed by atoms with E-state index in [0.29, 0.717) is 0 Å². The van der Waals surface area contributed by atoms with Crippen molar-refractivity contribution in [3.8, 4) is 0 Å². The molecule has 1 unspecified atom stereocenters. The van der Waals surface area contributed by atoms with Gasteiger partial charge in [-0.15, -0.1) is 0 Å². The normalized spacial score (nSPS) is 15.4. The first-order valence-electron chi connectivity index (χ1n) is 5.23. The molecule has 96 valence electrons. The third-order valence-corrected chi connectivity index (χ3v) is 2.27. The first-order valence-corrected chi connectivity index (χ1v) is 5.23. The van der Waals surface area contributed by atoms with E-state index < -0.39 is 17.2 Å². The Morgan fingerprint density at radius 3 is 2.12 bits per heavy atom. The third-order valence-electron chi connectivity index (χ3n) is 2.27. The molecule has 0 aliphatic carbocycles. The average Bonchev–Trinajstić information content (AvgIpc) is 2.14. The van der Waals surface area contributed by atoms with Crippen molar-refractivity contribution in [2.45, 2.75) is 38.8 Å². The van der Waals surface area contributed by atoms with Crippen LogP contribution in [0.1, 0.15) is 27.7 Å². The van der Waals surface area contributed by atoms with Crippen molar-refractivity contribution in [2.24, 2.45) is 0 Å². The molecule has 0 fully saturated rings. The Bertz CT molecular complexity index is 237. The minimum atomic E-state index is -0.767. The van der Waals surface area contributed by atoms with Crippen molar-refractivity contribution >= 4 is 6.09 Å². The Balaban J connectivity index is 4.63. The third kappa shape index (κ3) is 4.37. The highest BCUT2D eigenvalue weighted by atomic mass is 16.6. The van der Waals surface area contributed by atoms with Gasteiger partial charge in [0, 0.05) is 14.2 Å². The molecule has 0 heterocycles. The average molecular weight is 233 g/mol. The predicted molar refractivity (Wildman–Crippen MR) is 61.4 cm³/mol. The molecular weight excluding hydrogens is 210 g/mol. The van der Waals surface area contributed by atoms with Gasteiger partial charge in [0.05, 0.1) is 18.8 Å². The van der Waals surface area contributed by atoms with Gasteiger partial charge in [0.15, 0.2) is 0 Å². The highest BCUT2D eigenvalue weighted by Gasteiger charge is 2.34. The van der Waals surface area contributed by atoms with Crippen LogP contribution >= 0.6 is 0 Å². The molecule has 1 N–H and O–H groups in total. The number of carbonyl (C=O) groups excluding carboxylic acids is 1. The number of likely N-dealkylation sites (N-methyl/N-ethyl adjacent to an activating group) is 1. The van der Waals surface area contributed by atoms with Gasteiger partial charge in [0.1, 0.15) is 5.60 Å². The van der Waals surface area contributed by atoms with E-state index in [4.69, 9.17) is 9.47 Å². The van der Waals surface area contributed by atoms with Crippen LogP contribution < -0.4 is 0 Å². The molecule has 0 aromatic carbocycles. The zero-order chi connectivity index (χ0) is 13.0. The minimum Gasteiger partial charge on any atom is -0.444 e. The molecule has 0 aliphatic heterocycles. The fraction of sp³-hybridized carbons (Fsp3) is 0.909. The lowest BCUT2D eigenvalue weighted by Crippen LogP contribution is -2.54. The smallest absolute Gasteiger partial charge is 0.410 e. The molecule has 0 rings (SSSR count). The number of hydrogen-bond donors (Lipinski definition) is 1. The van der Waals surface area contributed by atoms with Gasteiger partial charge in [0.25, 0.3) is 0 Å². The van der Waals surface area contributed by atoms with Gasteiger partial charge in [-0.1, -0.05) is 0 Å². The maximum absolute atomic E-state index is 11.8. The Morgan fingerprint density at radius 1 is 1.31 bits per heavy atom. The molecule has 0 saturated carbocycles. The lowest BCUT2D eigenvalue weighted by molar-refractivity contribution is -0.0287. The molecule has 0 saturated heterocycles. The number of carbonyl (C=O) groups is 1. The fourth-order valence-corrected chi connectivity index (χ4v) is 1.11. The molecule has 0 radical (unpaired) electrons. The summed E-state index contributed by atoms with van der Waals surface area (Å²) in [5, 5.41) is 9.30. The molecule has 0 aromatic heterocycles. The topological polar surface area (TPSA) is 59.0 Å². The second-order valence-corrected chi connectivity index (χ2v) is 5.13. The van der Waals surface area contributed by atoms with Crippen LogP contribution in [0.3, 0.4) is 0 Å². The summed E-state index contributed by atoms with van der Waals surface area (Å²) in [6.45, 7) is 7.19. The van der Waals surface area contributed by atoms with E-state index in [-0.39, 0.29) is 13.2 Å². The lowest BCUT2D eigenvalue weighted by Gasteiger charge is -2.37. The van der Waals surface area contributed by atoms with Gasteiger partial charge in [-0.2, -0.15) is 0 Å². The fourth-order valence-electron chi connectivity index (χ4n) is 1.11. The van der Waals surface area contributed by atoms with Crippen LogP contribution in [0.15, 0.2) is 0 Å². The molecule has 1 amide bonds. The summed E-state index contributed by atoms with van der Waals surface area (Å²) >= 11 is 0. The van der Waals surface area contributed by atoms with Crippen LogP contribution in [-0.4, -0.2) is 54.6 Å². The van der Waals surface area contributed by atoms with Crippen molar-refractivity contribution in [2.75, 3.05) is 27.4 Å². The maximum Gasteiger partial charge on any atom is 0.410 e. The van der Waals surface area contributed by atoms with E-state index in [2.05, 4.69) is 0 Å². The van der Waals surface area contributed by atoms with Crippen LogP contribution in [0.25, 0.3) is 0 Å². The van der Waals surface area contributed by atoms with Gasteiger partial charge >= 0.3 is 6.09 Å². The standard InChI is InChI=1S/C11H23NO4/c1-10(2,3)16-9(14)12(5)11(4,7-13)8-15-6/h13H,7-8H2,1-6H3. The zero-order valence-corrected chi connectivity index (χ0v) is 11.0. The number of hydrogen-bond acceptors (Lipinski definition) is 4. The van der Waals surface area contributed by atoms with Crippen LogP contribution in [-0.2, 0) is 9.47 Å². The number of methoxy groups -OCH3 is 1. The predicted octanol–water partition coefficient (Wildman–Crippen LogP) is 1.25. The van der Waals surface area contributed by atoms with Gasteiger partial charge in [0.2, 0.25) is 0 Å². The van der Waals surface area contributed by atoms with Crippen molar-refractivity contribution in [3.05, 3.63) is 0 Å². The van der Waals surface area contributed by atoms with E-state index in [0.717, 1.165) is 0 Å². The number of aliphatic hydroxyl groups is 1. The van der Waals surface area contributed by atoms with Crippen molar-refractivity contribution in [1.29, 1.82) is 0 Å². The van der Waals surface area contributed by atoms with Gasteiger partial charge in [-0.3, -0.25) is 0 Å². The van der Waals surface area contributed by atoms with Crippen molar-refractivity contribution in [1.82, 2.24) is 4.90 Å². The largest absolute Gasteiger partial charge is 0.444 e.